The fourth-order valence-electron chi connectivity index (χ4n) is 2.48. The van der Waals surface area contributed by atoms with Gasteiger partial charge in [-0.05, 0) is 18.2 Å². The van der Waals surface area contributed by atoms with Gasteiger partial charge in [0.05, 0.1) is 25.5 Å². The molecule has 0 atom stereocenters. The third kappa shape index (κ3) is 2.94. The molecule has 0 aliphatic rings. The number of benzene rings is 2. The van der Waals surface area contributed by atoms with E-state index >= 15 is 0 Å². The SMILES string of the molecule is COc1ccc(NC(=O)c2cc(=O)[nH]c3ccccc23)c(OC)c1. The zero-order valence-corrected chi connectivity index (χ0v) is 13.3. The largest absolute Gasteiger partial charge is 0.497 e. The standard InChI is InChI=1S/C18H16N2O4/c1-23-11-7-8-15(16(9-11)24-2)20-18(22)13-10-17(21)19-14-6-4-3-5-12(13)14/h3-10H,1-2H3,(H,19,21)(H,20,22). The summed E-state index contributed by atoms with van der Waals surface area (Å²) in [6.45, 7) is 0. The number of H-pyrrole nitrogens is 1. The Labute approximate surface area is 138 Å². The van der Waals surface area contributed by atoms with Gasteiger partial charge < -0.3 is 19.8 Å². The molecule has 6 nitrogen and oxygen atoms in total. The minimum atomic E-state index is -0.388. The molecule has 0 fully saturated rings. The maximum atomic E-state index is 12.7. The third-order valence-corrected chi connectivity index (χ3v) is 3.65. The molecule has 0 aliphatic carbocycles. The fraction of sp³-hybridized carbons (Fsp3) is 0.111. The molecular weight excluding hydrogens is 308 g/mol. The van der Waals surface area contributed by atoms with Gasteiger partial charge in [-0.25, -0.2) is 0 Å². The Morgan fingerprint density at radius 1 is 1.04 bits per heavy atom. The van der Waals surface area contributed by atoms with Crippen LogP contribution < -0.4 is 20.3 Å². The predicted octanol–water partition coefficient (Wildman–Crippen LogP) is 2.80. The predicted molar refractivity (Wildman–Crippen MR) is 92.1 cm³/mol. The van der Waals surface area contributed by atoms with E-state index < -0.39 is 0 Å². The van der Waals surface area contributed by atoms with Crippen LogP contribution in [0.3, 0.4) is 0 Å². The van der Waals surface area contributed by atoms with Crippen molar-refractivity contribution < 1.29 is 14.3 Å². The number of nitrogens with one attached hydrogen (secondary N) is 2. The number of methoxy groups -OCH3 is 2. The first-order chi connectivity index (χ1) is 11.6. The number of carbonyl (C=O) groups excluding carboxylic acids is 1. The van der Waals surface area contributed by atoms with Gasteiger partial charge in [0.15, 0.2) is 0 Å². The van der Waals surface area contributed by atoms with Crippen LogP contribution in [0.5, 0.6) is 11.5 Å². The van der Waals surface area contributed by atoms with Crippen LogP contribution in [-0.4, -0.2) is 25.1 Å². The van der Waals surface area contributed by atoms with E-state index in [1.165, 1.54) is 13.2 Å². The number of rotatable bonds is 4. The molecule has 3 aromatic rings. The van der Waals surface area contributed by atoms with Crippen molar-refractivity contribution in [2.24, 2.45) is 0 Å². The first-order valence-electron chi connectivity index (χ1n) is 7.28. The van der Waals surface area contributed by atoms with Crippen molar-refractivity contribution >= 4 is 22.5 Å². The van der Waals surface area contributed by atoms with Crippen LogP contribution in [0.2, 0.25) is 0 Å². The Balaban J connectivity index is 2.01. The van der Waals surface area contributed by atoms with Crippen molar-refractivity contribution in [2.45, 2.75) is 0 Å². The summed E-state index contributed by atoms with van der Waals surface area (Å²) in [5.74, 6) is 0.698. The van der Waals surface area contributed by atoms with E-state index in [0.717, 1.165) is 0 Å². The number of aromatic amines is 1. The van der Waals surface area contributed by atoms with Gasteiger partial charge in [-0.1, -0.05) is 18.2 Å². The number of fused-ring (bicyclic) bond motifs is 1. The molecule has 122 valence electrons. The lowest BCUT2D eigenvalue weighted by Crippen LogP contribution is -2.17. The van der Waals surface area contributed by atoms with E-state index in [-0.39, 0.29) is 11.5 Å². The molecule has 2 aromatic carbocycles. The van der Waals surface area contributed by atoms with Crippen molar-refractivity contribution in [3.63, 3.8) is 0 Å². The molecule has 3 rings (SSSR count). The summed E-state index contributed by atoms with van der Waals surface area (Å²) in [7, 11) is 3.06. The van der Waals surface area contributed by atoms with Gasteiger partial charge in [0.2, 0.25) is 5.56 Å². The van der Waals surface area contributed by atoms with Crippen LogP contribution in [0.25, 0.3) is 10.9 Å². The molecule has 2 N–H and O–H groups in total. The number of hydrogen-bond donors (Lipinski definition) is 2. The average Bonchev–Trinajstić information content (AvgIpc) is 2.61. The van der Waals surface area contributed by atoms with Gasteiger partial charge in [-0.3, -0.25) is 9.59 Å². The summed E-state index contributed by atoms with van der Waals surface area (Å²) < 4.78 is 10.4. The van der Waals surface area contributed by atoms with Gasteiger partial charge in [0, 0.05) is 23.0 Å². The first kappa shape index (κ1) is 15.6. The van der Waals surface area contributed by atoms with Crippen molar-refractivity contribution in [3.8, 4) is 11.5 Å². The summed E-state index contributed by atoms with van der Waals surface area (Å²) in [4.78, 5) is 27.2. The molecule has 24 heavy (non-hydrogen) atoms. The summed E-state index contributed by atoms with van der Waals surface area (Å²) in [6.07, 6.45) is 0. The van der Waals surface area contributed by atoms with Gasteiger partial charge in [0.25, 0.3) is 5.91 Å². The maximum absolute atomic E-state index is 12.7. The van der Waals surface area contributed by atoms with E-state index in [0.29, 0.717) is 33.7 Å². The van der Waals surface area contributed by atoms with Gasteiger partial charge in [-0.2, -0.15) is 0 Å². The van der Waals surface area contributed by atoms with Crippen molar-refractivity contribution in [1.29, 1.82) is 0 Å². The zero-order valence-electron chi connectivity index (χ0n) is 13.3. The first-order valence-corrected chi connectivity index (χ1v) is 7.28. The number of pyridine rings is 1. The molecular formula is C18H16N2O4. The number of amides is 1. The van der Waals surface area contributed by atoms with Gasteiger partial charge >= 0.3 is 0 Å². The molecule has 0 spiro atoms. The van der Waals surface area contributed by atoms with Crippen LogP contribution in [0.1, 0.15) is 10.4 Å². The van der Waals surface area contributed by atoms with E-state index in [9.17, 15) is 9.59 Å². The molecule has 0 radical (unpaired) electrons. The Bertz CT molecular complexity index is 963. The van der Waals surface area contributed by atoms with Gasteiger partial charge in [0.1, 0.15) is 11.5 Å². The maximum Gasteiger partial charge on any atom is 0.256 e. The Hall–Kier alpha value is -3.28. The summed E-state index contributed by atoms with van der Waals surface area (Å²) in [5.41, 5.74) is 1.07. The topological polar surface area (TPSA) is 80.4 Å². The molecule has 0 bridgehead atoms. The molecule has 1 aromatic heterocycles. The van der Waals surface area contributed by atoms with E-state index in [2.05, 4.69) is 10.3 Å². The summed E-state index contributed by atoms with van der Waals surface area (Å²) in [6, 6.07) is 13.5. The average molecular weight is 324 g/mol. The lowest BCUT2D eigenvalue weighted by Gasteiger charge is -2.12. The summed E-state index contributed by atoms with van der Waals surface area (Å²) >= 11 is 0. The highest BCUT2D eigenvalue weighted by Gasteiger charge is 2.14. The monoisotopic (exact) mass is 324 g/mol. The molecule has 0 unspecified atom stereocenters. The van der Waals surface area contributed by atoms with Crippen LogP contribution in [0, 0.1) is 0 Å². The van der Waals surface area contributed by atoms with Crippen molar-refractivity contribution in [1.82, 2.24) is 4.98 Å². The Morgan fingerprint density at radius 2 is 1.83 bits per heavy atom. The Morgan fingerprint density at radius 3 is 2.58 bits per heavy atom. The van der Waals surface area contributed by atoms with Crippen LogP contribution in [-0.2, 0) is 0 Å². The quantitative estimate of drug-likeness (QED) is 0.773. The number of ether oxygens (including phenoxy) is 2. The smallest absolute Gasteiger partial charge is 0.256 e. The number of carbonyl (C=O) groups is 1. The molecule has 6 heteroatoms. The molecule has 0 saturated heterocycles. The molecule has 0 aliphatic heterocycles. The lowest BCUT2D eigenvalue weighted by molar-refractivity contribution is 0.102. The van der Waals surface area contributed by atoms with Crippen LogP contribution in [0.4, 0.5) is 5.69 Å². The third-order valence-electron chi connectivity index (χ3n) is 3.65. The van der Waals surface area contributed by atoms with Crippen molar-refractivity contribution in [2.75, 3.05) is 19.5 Å². The van der Waals surface area contributed by atoms with Gasteiger partial charge in [-0.15, -0.1) is 0 Å². The normalized spacial score (nSPS) is 10.4. The Kier molecular flexibility index (Phi) is 4.20. The zero-order chi connectivity index (χ0) is 17.1. The van der Waals surface area contributed by atoms with Crippen LogP contribution in [0.15, 0.2) is 53.3 Å². The highest BCUT2D eigenvalue weighted by molar-refractivity contribution is 6.12. The number of hydrogen-bond acceptors (Lipinski definition) is 4. The second-order valence-electron chi connectivity index (χ2n) is 5.11. The number of aromatic nitrogens is 1. The van der Waals surface area contributed by atoms with Crippen LogP contribution >= 0.6 is 0 Å². The highest BCUT2D eigenvalue weighted by atomic mass is 16.5. The van der Waals surface area contributed by atoms with E-state index in [4.69, 9.17) is 9.47 Å². The fourth-order valence-corrected chi connectivity index (χ4v) is 2.48. The molecule has 1 amide bonds. The number of anilines is 1. The molecule has 1 heterocycles. The summed E-state index contributed by atoms with van der Waals surface area (Å²) in [5, 5.41) is 3.44. The minimum Gasteiger partial charge on any atom is -0.497 e. The lowest BCUT2D eigenvalue weighted by atomic mass is 10.1. The second-order valence-corrected chi connectivity index (χ2v) is 5.11. The van der Waals surface area contributed by atoms with Crippen molar-refractivity contribution in [3.05, 3.63) is 64.4 Å². The minimum absolute atomic E-state index is 0.298. The van der Waals surface area contributed by atoms with E-state index in [1.807, 2.05) is 6.07 Å². The second kappa shape index (κ2) is 6.45. The number of para-hydroxylation sites is 1. The highest BCUT2D eigenvalue weighted by Crippen LogP contribution is 2.29. The molecule has 0 saturated carbocycles. The van der Waals surface area contributed by atoms with E-state index in [1.54, 1.807) is 43.5 Å².